The van der Waals surface area contributed by atoms with E-state index in [1.807, 2.05) is 45.0 Å². The van der Waals surface area contributed by atoms with Crippen molar-refractivity contribution in [3.05, 3.63) is 29.8 Å². The molecule has 26 heavy (non-hydrogen) atoms. The third kappa shape index (κ3) is 5.87. The largest absolute Gasteiger partial charge is 0.467 e. The van der Waals surface area contributed by atoms with Gasteiger partial charge in [-0.2, -0.15) is 0 Å². The van der Waals surface area contributed by atoms with E-state index >= 15 is 0 Å². The van der Waals surface area contributed by atoms with Gasteiger partial charge >= 0.3 is 5.97 Å². The Bertz CT molecular complexity index is 743. The van der Waals surface area contributed by atoms with Crippen molar-refractivity contribution in [2.75, 3.05) is 12.9 Å². The second-order valence-electron chi connectivity index (χ2n) is 6.30. The van der Waals surface area contributed by atoms with Gasteiger partial charge in [-0.25, -0.2) is 4.79 Å². The molecular formula is C18H23N3O4S. The predicted molar refractivity (Wildman–Crippen MR) is 98.6 cm³/mol. The van der Waals surface area contributed by atoms with Crippen molar-refractivity contribution in [2.24, 2.45) is 5.92 Å². The number of rotatable bonds is 8. The molecule has 0 saturated heterocycles. The standard InChI is InChI=1S/C18H23N3O4S/c1-11(2)9-14(17(23)24-4)19-15(22)10-26-18-21-20-16(25-18)13-7-5-12(3)6-8-13/h5-8,11,14H,9-10H2,1-4H3,(H,19,22)/t14-/m0/s1. The molecule has 1 N–H and O–H groups in total. The first kappa shape index (κ1) is 20.0. The number of aryl methyl sites for hydroxylation is 1. The summed E-state index contributed by atoms with van der Waals surface area (Å²) in [6, 6.07) is 7.07. The van der Waals surface area contributed by atoms with Gasteiger partial charge in [-0.1, -0.05) is 43.3 Å². The van der Waals surface area contributed by atoms with Crippen molar-refractivity contribution >= 4 is 23.6 Å². The second-order valence-corrected chi connectivity index (χ2v) is 7.23. The van der Waals surface area contributed by atoms with Gasteiger partial charge in [-0.3, -0.25) is 4.79 Å². The summed E-state index contributed by atoms with van der Waals surface area (Å²) < 4.78 is 10.3. The highest BCUT2D eigenvalue weighted by Gasteiger charge is 2.23. The Hall–Kier alpha value is -2.35. The maximum atomic E-state index is 12.1. The summed E-state index contributed by atoms with van der Waals surface area (Å²) in [4.78, 5) is 23.9. The zero-order valence-electron chi connectivity index (χ0n) is 15.3. The molecule has 0 unspecified atom stereocenters. The number of carbonyl (C=O) groups is 2. The summed E-state index contributed by atoms with van der Waals surface area (Å²) >= 11 is 1.12. The lowest BCUT2D eigenvalue weighted by atomic mass is 10.0. The van der Waals surface area contributed by atoms with Crippen LogP contribution in [-0.2, 0) is 14.3 Å². The first-order chi connectivity index (χ1) is 12.4. The molecule has 1 atom stereocenters. The van der Waals surface area contributed by atoms with E-state index in [-0.39, 0.29) is 17.6 Å². The zero-order chi connectivity index (χ0) is 19.1. The number of esters is 1. The lowest BCUT2D eigenvalue weighted by Crippen LogP contribution is -2.43. The lowest BCUT2D eigenvalue weighted by Gasteiger charge is -2.17. The molecular weight excluding hydrogens is 354 g/mol. The fourth-order valence-corrected chi connectivity index (χ4v) is 2.85. The number of hydrogen-bond acceptors (Lipinski definition) is 7. The van der Waals surface area contributed by atoms with Crippen LogP contribution in [0.2, 0.25) is 0 Å². The van der Waals surface area contributed by atoms with E-state index in [0.717, 1.165) is 22.9 Å². The van der Waals surface area contributed by atoms with Gasteiger partial charge in [0.25, 0.3) is 5.22 Å². The number of amides is 1. The van der Waals surface area contributed by atoms with Crippen molar-refractivity contribution in [1.29, 1.82) is 0 Å². The fourth-order valence-electron chi connectivity index (χ4n) is 2.27. The average Bonchev–Trinajstić information content (AvgIpc) is 3.08. The first-order valence-electron chi connectivity index (χ1n) is 8.29. The highest BCUT2D eigenvalue weighted by Crippen LogP contribution is 2.23. The van der Waals surface area contributed by atoms with E-state index in [9.17, 15) is 9.59 Å². The molecule has 0 aliphatic heterocycles. The van der Waals surface area contributed by atoms with Crippen LogP contribution >= 0.6 is 11.8 Å². The zero-order valence-corrected chi connectivity index (χ0v) is 16.1. The maximum Gasteiger partial charge on any atom is 0.328 e. The Morgan fingerprint density at radius 2 is 1.92 bits per heavy atom. The highest BCUT2D eigenvalue weighted by molar-refractivity contribution is 7.99. The van der Waals surface area contributed by atoms with Gasteiger partial charge in [0.05, 0.1) is 12.9 Å². The van der Waals surface area contributed by atoms with Gasteiger partial charge in [-0.05, 0) is 31.4 Å². The van der Waals surface area contributed by atoms with Gasteiger partial charge in [0.1, 0.15) is 6.04 Å². The van der Waals surface area contributed by atoms with E-state index in [2.05, 4.69) is 15.5 Å². The van der Waals surface area contributed by atoms with Crippen LogP contribution in [0.5, 0.6) is 0 Å². The van der Waals surface area contributed by atoms with Crippen LogP contribution in [0.3, 0.4) is 0 Å². The minimum Gasteiger partial charge on any atom is -0.467 e. The molecule has 0 bridgehead atoms. The molecule has 0 aliphatic carbocycles. The summed E-state index contributed by atoms with van der Waals surface area (Å²) in [7, 11) is 1.31. The number of ether oxygens (including phenoxy) is 1. The van der Waals surface area contributed by atoms with Crippen LogP contribution in [0.4, 0.5) is 0 Å². The number of nitrogens with zero attached hydrogens (tertiary/aromatic N) is 2. The average molecular weight is 377 g/mol. The van der Waals surface area contributed by atoms with Crippen molar-refractivity contribution in [2.45, 2.75) is 38.5 Å². The Balaban J connectivity index is 1.90. The van der Waals surface area contributed by atoms with Crippen molar-refractivity contribution < 1.29 is 18.7 Å². The molecule has 140 valence electrons. The SMILES string of the molecule is COC(=O)[C@H](CC(C)C)NC(=O)CSc1nnc(-c2ccc(C)cc2)o1. The Kier molecular flexibility index (Phi) is 7.20. The smallest absolute Gasteiger partial charge is 0.328 e. The molecule has 1 aromatic carbocycles. The van der Waals surface area contributed by atoms with E-state index < -0.39 is 12.0 Å². The number of methoxy groups -OCH3 is 1. The minimum atomic E-state index is -0.654. The monoisotopic (exact) mass is 377 g/mol. The van der Waals surface area contributed by atoms with E-state index in [1.54, 1.807) is 0 Å². The molecule has 0 radical (unpaired) electrons. The Morgan fingerprint density at radius 1 is 1.23 bits per heavy atom. The number of thioether (sulfide) groups is 1. The van der Waals surface area contributed by atoms with Crippen molar-refractivity contribution in [3.8, 4) is 11.5 Å². The summed E-state index contributed by atoms with van der Waals surface area (Å²) in [5.41, 5.74) is 1.96. The summed E-state index contributed by atoms with van der Waals surface area (Å²) in [5, 5.41) is 10.9. The lowest BCUT2D eigenvalue weighted by molar-refractivity contribution is -0.145. The molecule has 7 nitrogen and oxygen atoms in total. The van der Waals surface area contributed by atoms with E-state index in [0.29, 0.717) is 17.5 Å². The normalized spacial score (nSPS) is 12.0. The maximum absolute atomic E-state index is 12.1. The van der Waals surface area contributed by atoms with Gasteiger partial charge in [0, 0.05) is 5.56 Å². The Morgan fingerprint density at radius 3 is 2.54 bits per heavy atom. The van der Waals surface area contributed by atoms with Gasteiger partial charge in [-0.15, -0.1) is 10.2 Å². The van der Waals surface area contributed by atoms with Crippen LogP contribution in [0.1, 0.15) is 25.8 Å². The van der Waals surface area contributed by atoms with Gasteiger partial charge in [0.2, 0.25) is 11.8 Å². The second kappa shape index (κ2) is 9.38. The van der Waals surface area contributed by atoms with E-state index in [4.69, 9.17) is 9.15 Å². The number of hydrogen-bond donors (Lipinski definition) is 1. The van der Waals surface area contributed by atoms with Crippen LogP contribution in [0.25, 0.3) is 11.5 Å². The molecule has 2 aromatic rings. The molecule has 0 spiro atoms. The molecule has 0 fully saturated rings. The highest BCUT2D eigenvalue weighted by atomic mass is 32.2. The molecule has 1 amide bonds. The number of nitrogens with one attached hydrogen (secondary N) is 1. The third-order valence-electron chi connectivity index (χ3n) is 3.56. The van der Waals surface area contributed by atoms with Crippen molar-refractivity contribution in [3.63, 3.8) is 0 Å². The van der Waals surface area contributed by atoms with Crippen LogP contribution in [0, 0.1) is 12.8 Å². The third-order valence-corrected chi connectivity index (χ3v) is 4.38. The van der Waals surface area contributed by atoms with Crippen LogP contribution < -0.4 is 5.32 Å². The van der Waals surface area contributed by atoms with E-state index in [1.165, 1.54) is 7.11 Å². The quantitative estimate of drug-likeness (QED) is 0.558. The molecule has 8 heteroatoms. The topological polar surface area (TPSA) is 94.3 Å². The van der Waals surface area contributed by atoms with Crippen LogP contribution in [0.15, 0.2) is 33.9 Å². The first-order valence-corrected chi connectivity index (χ1v) is 9.28. The van der Waals surface area contributed by atoms with Crippen LogP contribution in [-0.4, -0.2) is 41.0 Å². The van der Waals surface area contributed by atoms with Gasteiger partial charge in [0.15, 0.2) is 0 Å². The number of carbonyl (C=O) groups excluding carboxylic acids is 2. The summed E-state index contributed by atoms with van der Waals surface area (Å²) in [6.45, 7) is 5.95. The predicted octanol–water partition coefficient (Wildman–Crippen LogP) is 2.84. The fraction of sp³-hybridized carbons (Fsp3) is 0.444. The molecule has 2 rings (SSSR count). The summed E-state index contributed by atoms with van der Waals surface area (Å²) in [5.74, 6) is -0.0148. The number of benzene rings is 1. The number of aromatic nitrogens is 2. The molecule has 0 saturated carbocycles. The minimum absolute atomic E-state index is 0.0706. The molecule has 0 aliphatic rings. The molecule has 1 aromatic heterocycles. The Labute approximate surface area is 156 Å². The summed E-state index contributed by atoms with van der Waals surface area (Å²) in [6.07, 6.45) is 0.515. The van der Waals surface area contributed by atoms with Crippen molar-refractivity contribution in [1.82, 2.24) is 15.5 Å². The van der Waals surface area contributed by atoms with Gasteiger partial charge < -0.3 is 14.5 Å². The molecule has 1 heterocycles.